The Morgan fingerprint density at radius 3 is 2.64 bits per heavy atom. The molecule has 0 radical (unpaired) electrons. The van der Waals surface area contributed by atoms with Crippen LogP contribution in [0.25, 0.3) is 5.69 Å². The number of halogens is 2. The van der Waals surface area contributed by atoms with E-state index < -0.39 is 11.2 Å². The van der Waals surface area contributed by atoms with Crippen molar-refractivity contribution in [1.82, 2.24) is 9.78 Å². The summed E-state index contributed by atoms with van der Waals surface area (Å²) < 4.78 is 16.6. The fourth-order valence-corrected chi connectivity index (χ4v) is 4.42. The van der Waals surface area contributed by atoms with Gasteiger partial charge in [0.2, 0.25) is 11.8 Å². The van der Waals surface area contributed by atoms with Crippen molar-refractivity contribution < 1.29 is 14.0 Å². The maximum atomic E-state index is 14.1. The average molecular weight is 441 g/mol. The summed E-state index contributed by atoms with van der Waals surface area (Å²) in [6.45, 7) is 0. The number of fused-ring (bicyclic) bond motifs is 4. The van der Waals surface area contributed by atoms with Crippen molar-refractivity contribution in [3.63, 3.8) is 0 Å². The molecule has 2 aliphatic rings. The molecule has 0 saturated heterocycles. The molecule has 5 rings (SSSR count). The number of likely N-dealkylation sites (N-methyl/N-ethyl adjacent to an activating group) is 1. The van der Waals surface area contributed by atoms with Gasteiger partial charge in [-0.15, -0.1) is 0 Å². The van der Waals surface area contributed by atoms with Crippen molar-refractivity contribution in [2.24, 2.45) is 0 Å². The SMILES string of the molecule is CN1C(=O)[C@@]2(CC(=O)Nc3c2cnn3-c2ccc(Br)cc2)c2cc(F)ccc21. The van der Waals surface area contributed by atoms with Gasteiger partial charge in [-0.3, -0.25) is 9.59 Å². The number of amides is 2. The second-order valence-corrected chi connectivity index (χ2v) is 7.87. The third-order valence-electron chi connectivity index (χ3n) is 5.43. The second-order valence-electron chi connectivity index (χ2n) is 6.95. The van der Waals surface area contributed by atoms with Crippen LogP contribution in [0.3, 0.4) is 0 Å². The number of aromatic nitrogens is 2. The van der Waals surface area contributed by atoms with Crippen molar-refractivity contribution in [2.75, 3.05) is 17.3 Å². The van der Waals surface area contributed by atoms with E-state index >= 15 is 0 Å². The Balaban J connectivity index is 1.78. The molecule has 1 aromatic heterocycles. The van der Waals surface area contributed by atoms with Gasteiger partial charge in [0.25, 0.3) is 0 Å². The van der Waals surface area contributed by atoms with Gasteiger partial charge >= 0.3 is 0 Å². The molecule has 2 amide bonds. The largest absolute Gasteiger partial charge is 0.314 e. The van der Waals surface area contributed by atoms with Gasteiger partial charge in [0.1, 0.15) is 17.1 Å². The molecule has 0 bridgehead atoms. The number of hydrogen-bond acceptors (Lipinski definition) is 3. The maximum absolute atomic E-state index is 14.1. The van der Waals surface area contributed by atoms with E-state index in [2.05, 4.69) is 26.3 Å². The lowest BCUT2D eigenvalue weighted by Gasteiger charge is -2.32. The predicted molar refractivity (Wildman–Crippen MR) is 105 cm³/mol. The topological polar surface area (TPSA) is 67.2 Å². The quantitative estimate of drug-likeness (QED) is 0.630. The third-order valence-corrected chi connectivity index (χ3v) is 5.96. The van der Waals surface area contributed by atoms with Crippen LogP contribution in [0, 0.1) is 5.82 Å². The summed E-state index contributed by atoms with van der Waals surface area (Å²) in [4.78, 5) is 27.5. The molecule has 2 aliphatic heterocycles. The van der Waals surface area contributed by atoms with E-state index in [-0.39, 0.29) is 18.2 Å². The first-order chi connectivity index (χ1) is 13.4. The lowest BCUT2D eigenvalue weighted by atomic mass is 9.72. The first-order valence-electron chi connectivity index (χ1n) is 8.64. The zero-order valence-corrected chi connectivity index (χ0v) is 16.3. The molecule has 2 aromatic carbocycles. The van der Waals surface area contributed by atoms with E-state index in [1.165, 1.54) is 17.0 Å². The Labute approximate surface area is 168 Å². The molecule has 0 unspecified atom stereocenters. The maximum Gasteiger partial charge on any atom is 0.242 e. The highest BCUT2D eigenvalue weighted by atomic mass is 79.9. The summed E-state index contributed by atoms with van der Waals surface area (Å²) in [5, 5.41) is 7.27. The molecule has 8 heteroatoms. The van der Waals surface area contributed by atoms with Crippen LogP contribution in [-0.2, 0) is 15.0 Å². The first kappa shape index (κ1) is 17.1. The summed E-state index contributed by atoms with van der Waals surface area (Å²) in [6.07, 6.45) is 1.49. The van der Waals surface area contributed by atoms with Gasteiger partial charge in [0.05, 0.1) is 11.9 Å². The summed E-state index contributed by atoms with van der Waals surface area (Å²) in [5.74, 6) is -0.601. The van der Waals surface area contributed by atoms with Gasteiger partial charge in [-0.05, 0) is 48.0 Å². The van der Waals surface area contributed by atoms with E-state index in [1.54, 1.807) is 24.0 Å². The fourth-order valence-electron chi connectivity index (χ4n) is 4.16. The Kier molecular flexibility index (Phi) is 3.51. The third kappa shape index (κ3) is 2.15. The zero-order chi connectivity index (χ0) is 19.6. The van der Waals surface area contributed by atoms with Crippen LogP contribution >= 0.6 is 15.9 Å². The highest BCUT2D eigenvalue weighted by Gasteiger charge is 2.56. The highest BCUT2D eigenvalue weighted by molar-refractivity contribution is 9.10. The lowest BCUT2D eigenvalue weighted by Crippen LogP contribution is -2.45. The Morgan fingerprint density at radius 2 is 1.89 bits per heavy atom. The number of anilines is 2. The van der Waals surface area contributed by atoms with Gasteiger partial charge in [-0.1, -0.05) is 15.9 Å². The molecule has 1 atom stereocenters. The average Bonchev–Trinajstić information content (AvgIpc) is 3.17. The van der Waals surface area contributed by atoms with Crippen LogP contribution < -0.4 is 10.2 Å². The number of rotatable bonds is 1. The van der Waals surface area contributed by atoms with Crippen molar-refractivity contribution in [2.45, 2.75) is 11.8 Å². The van der Waals surface area contributed by atoms with Crippen molar-refractivity contribution >= 4 is 39.2 Å². The lowest BCUT2D eigenvalue weighted by molar-refractivity contribution is -0.126. The van der Waals surface area contributed by atoms with Gasteiger partial charge in [0, 0.05) is 29.2 Å². The van der Waals surface area contributed by atoms with Gasteiger partial charge in [-0.2, -0.15) is 5.10 Å². The van der Waals surface area contributed by atoms with Crippen LogP contribution in [-0.4, -0.2) is 28.6 Å². The van der Waals surface area contributed by atoms with E-state index in [0.717, 1.165) is 10.2 Å². The highest BCUT2D eigenvalue weighted by Crippen LogP contribution is 2.52. The Hall–Kier alpha value is -3.00. The molecule has 28 heavy (non-hydrogen) atoms. The predicted octanol–water partition coefficient (Wildman–Crippen LogP) is 3.38. The minimum atomic E-state index is -1.28. The first-order valence-corrected chi connectivity index (χ1v) is 9.43. The molecule has 1 spiro atoms. The minimum Gasteiger partial charge on any atom is -0.314 e. The molecule has 0 saturated carbocycles. The Morgan fingerprint density at radius 1 is 1.14 bits per heavy atom. The fraction of sp³-hybridized carbons (Fsp3) is 0.150. The molecule has 0 aliphatic carbocycles. The van der Waals surface area contributed by atoms with Crippen LogP contribution in [0.15, 0.2) is 53.1 Å². The molecule has 3 aromatic rings. The van der Waals surface area contributed by atoms with Gasteiger partial charge in [-0.25, -0.2) is 9.07 Å². The number of nitrogens with one attached hydrogen (secondary N) is 1. The Bertz CT molecular complexity index is 1160. The summed E-state index contributed by atoms with van der Waals surface area (Å²) in [7, 11) is 1.64. The molecule has 6 nitrogen and oxygen atoms in total. The van der Waals surface area contributed by atoms with E-state index in [1.807, 2.05) is 24.3 Å². The summed E-state index contributed by atoms with van der Waals surface area (Å²) in [5.41, 5.74) is 1.11. The smallest absolute Gasteiger partial charge is 0.242 e. The molecule has 0 fully saturated rings. The number of nitrogens with zero attached hydrogens (tertiary/aromatic N) is 3. The summed E-state index contributed by atoms with van der Waals surface area (Å²) >= 11 is 3.40. The summed E-state index contributed by atoms with van der Waals surface area (Å²) in [6, 6.07) is 11.7. The van der Waals surface area contributed by atoms with Crippen LogP contribution in [0.5, 0.6) is 0 Å². The normalized spacial score (nSPS) is 20.3. The van der Waals surface area contributed by atoms with Crippen molar-refractivity contribution in [3.8, 4) is 5.69 Å². The van der Waals surface area contributed by atoms with Crippen LogP contribution in [0.1, 0.15) is 17.5 Å². The standard InChI is InChI=1S/C20H14BrFN4O2/c1-25-16-7-4-12(22)8-14(16)20(19(25)28)9-17(27)24-18-15(20)10-23-26(18)13-5-2-11(21)3-6-13/h2-8,10H,9H2,1H3,(H,24,27)/t20-/m0/s1. The van der Waals surface area contributed by atoms with Crippen molar-refractivity contribution in [1.29, 1.82) is 0 Å². The number of carbonyl (C=O) groups is 2. The monoisotopic (exact) mass is 440 g/mol. The number of carbonyl (C=O) groups excluding carboxylic acids is 2. The molecule has 140 valence electrons. The molecular weight excluding hydrogens is 427 g/mol. The van der Waals surface area contributed by atoms with Gasteiger partial charge in [0.15, 0.2) is 0 Å². The number of hydrogen-bond donors (Lipinski definition) is 1. The van der Waals surface area contributed by atoms with Gasteiger partial charge < -0.3 is 10.2 Å². The van der Waals surface area contributed by atoms with E-state index in [9.17, 15) is 14.0 Å². The number of benzene rings is 2. The molecule has 3 heterocycles. The van der Waals surface area contributed by atoms with E-state index in [0.29, 0.717) is 22.6 Å². The zero-order valence-electron chi connectivity index (χ0n) is 14.7. The second kappa shape index (κ2) is 5.75. The van der Waals surface area contributed by atoms with Crippen LogP contribution in [0.4, 0.5) is 15.9 Å². The van der Waals surface area contributed by atoms with E-state index in [4.69, 9.17) is 0 Å². The molecular formula is C20H14BrFN4O2. The molecule has 1 N–H and O–H groups in total. The van der Waals surface area contributed by atoms with Crippen LogP contribution in [0.2, 0.25) is 0 Å². The minimum absolute atomic E-state index is 0.0916. The van der Waals surface area contributed by atoms with Crippen molar-refractivity contribution in [3.05, 3.63) is 70.1 Å².